The first-order chi connectivity index (χ1) is 11.2. The van der Waals surface area contributed by atoms with E-state index in [9.17, 15) is 4.79 Å². The zero-order valence-corrected chi connectivity index (χ0v) is 13.2. The van der Waals surface area contributed by atoms with E-state index in [0.29, 0.717) is 19.1 Å². The summed E-state index contributed by atoms with van der Waals surface area (Å²) in [5.74, 6) is 3.23. The maximum atomic E-state index is 11.7. The van der Waals surface area contributed by atoms with Crippen LogP contribution in [0.3, 0.4) is 0 Å². The fourth-order valence-electron chi connectivity index (χ4n) is 3.17. The normalized spacial score (nSPS) is 17.3. The smallest absolute Gasteiger partial charge is 0.251 e. The van der Waals surface area contributed by atoms with E-state index in [2.05, 4.69) is 20.1 Å². The van der Waals surface area contributed by atoms with Crippen molar-refractivity contribution in [1.82, 2.24) is 20.1 Å². The maximum absolute atomic E-state index is 11.7. The fraction of sp³-hybridized carbons (Fsp3) is 0.471. The van der Waals surface area contributed by atoms with E-state index in [1.807, 2.05) is 25.2 Å². The third kappa shape index (κ3) is 2.58. The van der Waals surface area contributed by atoms with Crippen molar-refractivity contribution in [2.45, 2.75) is 38.2 Å². The van der Waals surface area contributed by atoms with Crippen molar-refractivity contribution in [1.29, 1.82) is 0 Å². The second-order valence-electron chi connectivity index (χ2n) is 6.27. The van der Waals surface area contributed by atoms with E-state index in [-0.39, 0.29) is 5.91 Å². The van der Waals surface area contributed by atoms with Gasteiger partial charge < -0.3 is 14.6 Å². The largest absolute Gasteiger partial charge is 0.486 e. The molecule has 1 aromatic heterocycles. The van der Waals surface area contributed by atoms with E-state index in [4.69, 9.17) is 4.74 Å². The first-order valence-electron chi connectivity index (χ1n) is 8.14. The Morgan fingerprint density at radius 2 is 2.22 bits per heavy atom. The molecule has 0 bridgehead atoms. The number of carbonyl (C=O) groups excluding carboxylic acids is 1. The predicted molar refractivity (Wildman–Crippen MR) is 84.4 cm³/mol. The molecular formula is C17H20N4O2. The minimum absolute atomic E-state index is 0.00348. The number of ether oxygens (including phenoxy) is 1. The van der Waals surface area contributed by atoms with Crippen LogP contribution in [0.5, 0.6) is 5.75 Å². The molecule has 1 fully saturated rings. The summed E-state index contributed by atoms with van der Waals surface area (Å²) >= 11 is 0. The summed E-state index contributed by atoms with van der Waals surface area (Å²) in [6, 6.07) is 5.62. The van der Waals surface area contributed by atoms with E-state index in [0.717, 1.165) is 34.9 Å². The molecule has 6 heteroatoms. The van der Waals surface area contributed by atoms with Crippen molar-refractivity contribution >= 4 is 5.91 Å². The lowest BCUT2D eigenvalue weighted by atomic mass is 9.85. The van der Waals surface area contributed by atoms with Crippen LogP contribution in [0.15, 0.2) is 18.2 Å². The van der Waals surface area contributed by atoms with E-state index >= 15 is 0 Å². The summed E-state index contributed by atoms with van der Waals surface area (Å²) in [4.78, 5) is 11.7. The molecule has 1 N–H and O–H groups in total. The number of rotatable bonds is 4. The number of hydrogen-bond donors (Lipinski definition) is 1. The molecule has 23 heavy (non-hydrogen) atoms. The lowest BCUT2D eigenvalue weighted by Crippen LogP contribution is -2.31. The molecule has 2 aliphatic rings. The molecule has 1 saturated carbocycles. The molecule has 1 aromatic carbocycles. The van der Waals surface area contributed by atoms with Crippen LogP contribution in [0.2, 0.25) is 0 Å². The van der Waals surface area contributed by atoms with Crippen LogP contribution in [0, 0.1) is 0 Å². The van der Waals surface area contributed by atoms with Gasteiger partial charge in [0.15, 0.2) is 5.82 Å². The van der Waals surface area contributed by atoms with Crippen LogP contribution in [-0.4, -0.2) is 27.2 Å². The van der Waals surface area contributed by atoms with Gasteiger partial charge in [0.1, 0.15) is 18.2 Å². The van der Waals surface area contributed by atoms with Gasteiger partial charge in [-0.25, -0.2) is 0 Å². The van der Waals surface area contributed by atoms with E-state index in [1.54, 1.807) is 0 Å². The second kappa shape index (κ2) is 5.68. The third-order valence-electron chi connectivity index (χ3n) is 4.84. The van der Waals surface area contributed by atoms with Gasteiger partial charge in [0, 0.05) is 25.1 Å². The molecule has 6 nitrogen and oxygen atoms in total. The molecule has 2 aromatic rings. The highest BCUT2D eigenvalue weighted by Crippen LogP contribution is 2.35. The summed E-state index contributed by atoms with van der Waals surface area (Å²) in [6.07, 6.45) is 4.54. The minimum atomic E-state index is -0.00348. The van der Waals surface area contributed by atoms with Gasteiger partial charge in [0.25, 0.3) is 5.91 Å². The lowest BCUT2D eigenvalue weighted by Gasteiger charge is -2.24. The first kappa shape index (κ1) is 14.2. The summed E-state index contributed by atoms with van der Waals surface area (Å²) in [6.45, 7) is 1.07. The van der Waals surface area contributed by atoms with Gasteiger partial charge >= 0.3 is 0 Å². The number of benzene rings is 1. The molecular weight excluding hydrogens is 292 g/mol. The molecule has 1 aliphatic carbocycles. The average Bonchev–Trinajstić information content (AvgIpc) is 2.85. The highest BCUT2D eigenvalue weighted by Gasteiger charge is 2.25. The van der Waals surface area contributed by atoms with Gasteiger partial charge in [-0.15, -0.1) is 10.2 Å². The lowest BCUT2D eigenvalue weighted by molar-refractivity contribution is 0.0946. The van der Waals surface area contributed by atoms with Crippen LogP contribution in [0.1, 0.15) is 52.8 Å². The predicted octanol–water partition coefficient (Wildman–Crippen LogP) is 1.95. The zero-order valence-electron chi connectivity index (χ0n) is 13.2. The van der Waals surface area contributed by atoms with E-state index < -0.39 is 0 Å². The Morgan fingerprint density at radius 3 is 3.00 bits per heavy atom. The number of amides is 1. The number of carbonyl (C=O) groups is 1. The SMILES string of the molecule is Cn1c(COc2ccc3c(c2)CCNC3=O)nnc1C1CCC1. The number of fused-ring (bicyclic) bond motifs is 1. The van der Waals surface area contributed by atoms with Crippen LogP contribution in [0.4, 0.5) is 0 Å². The maximum Gasteiger partial charge on any atom is 0.251 e. The van der Waals surface area contributed by atoms with Crippen molar-refractivity contribution in [2.24, 2.45) is 7.05 Å². The molecule has 0 saturated heterocycles. The third-order valence-corrected chi connectivity index (χ3v) is 4.84. The Kier molecular flexibility index (Phi) is 3.52. The highest BCUT2D eigenvalue weighted by molar-refractivity contribution is 5.96. The van der Waals surface area contributed by atoms with Crippen molar-refractivity contribution < 1.29 is 9.53 Å². The van der Waals surface area contributed by atoms with Crippen molar-refractivity contribution in [3.8, 4) is 5.75 Å². The molecule has 1 amide bonds. The van der Waals surface area contributed by atoms with Crippen LogP contribution < -0.4 is 10.1 Å². The van der Waals surface area contributed by atoms with Gasteiger partial charge in [-0.1, -0.05) is 6.42 Å². The molecule has 120 valence electrons. The van der Waals surface area contributed by atoms with E-state index in [1.165, 1.54) is 19.3 Å². The highest BCUT2D eigenvalue weighted by atomic mass is 16.5. The summed E-state index contributed by atoms with van der Waals surface area (Å²) in [5, 5.41) is 11.4. The van der Waals surface area contributed by atoms with Gasteiger partial charge in [-0.2, -0.15) is 0 Å². The molecule has 0 atom stereocenters. The number of nitrogens with zero attached hydrogens (tertiary/aromatic N) is 3. The summed E-state index contributed by atoms with van der Waals surface area (Å²) in [7, 11) is 2.00. The average molecular weight is 312 g/mol. The molecule has 4 rings (SSSR count). The van der Waals surface area contributed by atoms with Crippen molar-refractivity contribution in [3.63, 3.8) is 0 Å². The zero-order chi connectivity index (χ0) is 15.8. The molecule has 2 heterocycles. The number of nitrogens with one attached hydrogen (secondary N) is 1. The van der Waals surface area contributed by atoms with Crippen LogP contribution in [0.25, 0.3) is 0 Å². The van der Waals surface area contributed by atoms with Crippen molar-refractivity contribution in [3.05, 3.63) is 41.0 Å². The Balaban J connectivity index is 1.47. The topological polar surface area (TPSA) is 69.0 Å². The summed E-state index contributed by atoms with van der Waals surface area (Å²) < 4.78 is 7.92. The van der Waals surface area contributed by atoms with Crippen LogP contribution in [-0.2, 0) is 20.1 Å². The Bertz CT molecular complexity index is 749. The van der Waals surface area contributed by atoms with Gasteiger partial charge in [0.05, 0.1) is 0 Å². The van der Waals surface area contributed by atoms with Gasteiger partial charge in [0.2, 0.25) is 0 Å². The Morgan fingerprint density at radius 1 is 1.35 bits per heavy atom. The second-order valence-corrected chi connectivity index (χ2v) is 6.27. The van der Waals surface area contributed by atoms with Gasteiger partial charge in [-0.3, -0.25) is 4.79 Å². The molecule has 0 spiro atoms. The first-order valence-corrected chi connectivity index (χ1v) is 8.14. The quantitative estimate of drug-likeness (QED) is 0.937. The Hall–Kier alpha value is -2.37. The number of aromatic nitrogens is 3. The minimum Gasteiger partial charge on any atom is -0.486 e. The Labute approximate surface area is 134 Å². The fourth-order valence-corrected chi connectivity index (χ4v) is 3.17. The molecule has 1 aliphatic heterocycles. The van der Waals surface area contributed by atoms with Crippen LogP contribution >= 0.6 is 0 Å². The van der Waals surface area contributed by atoms with Crippen molar-refractivity contribution in [2.75, 3.05) is 6.54 Å². The van der Waals surface area contributed by atoms with Gasteiger partial charge in [-0.05, 0) is 43.0 Å². The summed E-state index contributed by atoms with van der Waals surface area (Å²) in [5.41, 5.74) is 1.79. The molecule has 0 radical (unpaired) electrons. The molecule has 0 unspecified atom stereocenters. The number of hydrogen-bond acceptors (Lipinski definition) is 4. The monoisotopic (exact) mass is 312 g/mol. The standard InChI is InChI=1S/C17H20N4O2/c1-21-15(19-20-16(21)11-3-2-4-11)10-23-13-5-6-14-12(9-13)7-8-18-17(14)22/h5-6,9,11H,2-4,7-8,10H2,1H3,(H,18,22).